The molecular formula is C18H21ClN4O2. The molecule has 1 aromatic carbocycles. The van der Waals surface area contributed by atoms with Gasteiger partial charge in [0.15, 0.2) is 0 Å². The van der Waals surface area contributed by atoms with Crippen LogP contribution in [0.5, 0.6) is 0 Å². The highest BCUT2D eigenvalue weighted by Gasteiger charge is 2.26. The van der Waals surface area contributed by atoms with Crippen LogP contribution in [0.25, 0.3) is 0 Å². The Hall–Kier alpha value is -2.34. The van der Waals surface area contributed by atoms with E-state index in [1.807, 2.05) is 24.3 Å². The van der Waals surface area contributed by atoms with E-state index >= 15 is 0 Å². The molecule has 0 unspecified atom stereocenters. The molecule has 1 atom stereocenters. The second kappa shape index (κ2) is 7.70. The molecule has 2 aromatic rings. The summed E-state index contributed by atoms with van der Waals surface area (Å²) in [4.78, 5) is 26.3. The second-order valence-electron chi connectivity index (χ2n) is 6.31. The van der Waals surface area contributed by atoms with Crippen LogP contribution in [0, 0.1) is 5.92 Å². The van der Waals surface area contributed by atoms with Crippen molar-refractivity contribution >= 4 is 23.2 Å². The Morgan fingerprint density at radius 3 is 2.84 bits per heavy atom. The summed E-state index contributed by atoms with van der Waals surface area (Å²) in [5, 5.41) is 7.73. The molecule has 1 saturated heterocycles. The molecule has 1 aromatic heterocycles. The molecule has 0 aliphatic carbocycles. The minimum Gasteiger partial charge on any atom is -0.369 e. The lowest BCUT2D eigenvalue weighted by atomic mass is 9.96. The predicted octanol–water partition coefficient (Wildman–Crippen LogP) is 1.97. The van der Waals surface area contributed by atoms with E-state index in [0.717, 1.165) is 30.6 Å². The Bertz CT molecular complexity index is 803. The lowest BCUT2D eigenvalue weighted by Crippen LogP contribution is -2.43. The zero-order valence-corrected chi connectivity index (χ0v) is 14.9. The fraction of sp³-hybridized carbons (Fsp3) is 0.389. The van der Waals surface area contributed by atoms with E-state index in [2.05, 4.69) is 15.3 Å². The van der Waals surface area contributed by atoms with Gasteiger partial charge in [-0.25, -0.2) is 4.68 Å². The van der Waals surface area contributed by atoms with Crippen molar-refractivity contribution in [2.24, 2.45) is 13.0 Å². The van der Waals surface area contributed by atoms with Crippen LogP contribution in [0.4, 0.5) is 5.69 Å². The summed E-state index contributed by atoms with van der Waals surface area (Å²) < 4.78 is 1.30. The maximum Gasteiger partial charge on any atom is 0.268 e. The third-order valence-electron chi connectivity index (χ3n) is 4.49. The summed E-state index contributed by atoms with van der Waals surface area (Å²) in [5.74, 6) is -0.0541. The number of amides is 1. The Labute approximate surface area is 151 Å². The van der Waals surface area contributed by atoms with E-state index in [9.17, 15) is 9.59 Å². The first-order valence-electron chi connectivity index (χ1n) is 8.33. The normalized spacial score (nSPS) is 17.4. The van der Waals surface area contributed by atoms with Crippen LogP contribution >= 0.6 is 11.6 Å². The molecule has 0 saturated carbocycles. The number of anilines is 1. The molecule has 7 heteroatoms. The smallest absolute Gasteiger partial charge is 0.268 e. The summed E-state index contributed by atoms with van der Waals surface area (Å²) in [7, 11) is 1.62. The van der Waals surface area contributed by atoms with Gasteiger partial charge < -0.3 is 10.2 Å². The molecule has 132 valence electrons. The second-order valence-corrected chi connectivity index (χ2v) is 6.74. The van der Waals surface area contributed by atoms with Crippen molar-refractivity contribution in [3.05, 3.63) is 57.5 Å². The number of benzene rings is 1. The quantitative estimate of drug-likeness (QED) is 0.905. The number of nitrogens with zero attached hydrogens (tertiary/aromatic N) is 3. The highest BCUT2D eigenvalue weighted by Crippen LogP contribution is 2.22. The van der Waals surface area contributed by atoms with Crippen LogP contribution in [0.2, 0.25) is 5.02 Å². The number of piperidine rings is 1. The summed E-state index contributed by atoms with van der Waals surface area (Å²) in [6.45, 7) is 1.91. The molecule has 2 heterocycles. The van der Waals surface area contributed by atoms with Gasteiger partial charge in [-0.3, -0.25) is 9.59 Å². The van der Waals surface area contributed by atoms with Gasteiger partial charge in [0, 0.05) is 37.8 Å². The zero-order valence-electron chi connectivity index (χ0n) is 14.1. The predicted molar refractivity (Wildman–Crippen MR) is 97.7 cm³/mol. The number of carbonyl (C=O) groups excluding carboxylic acids is 1. The van der Waals surface area contributed by atoms with Gasteiger partial charge in [0.05, 0.1) is 17.8 Å². The molecule has 0 bridgehead atoms. The molecule has 1 aliphatic rings. The highest BCUT2D eigenvalue weighted by atomic mass is 35.5. The largest absolute Gasteiger partial charge is 0.369 e. The number of carbonyl (C=O) groups is 1. The van der Waals surface area contributed by atoms with Crippen molar-refractivity contribution in [1.82, 2.24) is 15.1 Å². The summed E-state index contributed by atoms with van der Waals surface area (Å²) >= 11 is 5.87. The van der Waals surface area contributed by atoms with Gasteiger partial charge >= 0.3 is 0 Å². The van der Waals surface area contributed by atoms with Crippen LogP contribution in [0.3, 0.4) is 0 Å². The molecule has 1 fully saturated rings. The van der Waals surface area contributed by atoms with Crippen LogP contribution < -0.4 is 15.8 Å². The average Bonchev–Trinajstić information content (AvgIpc) is 2.63. The van der Waals surface area contributed by atoms with Crippen molar-refractivity contribution in [2.75, 3.05) is 18.0 Å². The van der Waals surface area contributed by atoms with Gasteiger partial charge in [0.2, 0.25) is 5.91 Å². The summed E-state index contributed by atoms with van der Waals surface area (Å²) in [6, 6.07) is 9.01. The fourth-order valence-corrected chi connectivity index (χ4v) is 3.12. The highest BCUT2D eigenvalue weighted by molar-refractivity contribution is 6.30. The van der Waals surface area contributed by atoms with Crippen molar-refractivity contribution in [3.63, 3.8) is 0 Å². The van der Waals surface area contributed by atoms with Crippen molar-refractivity contribution in [1.29, 1.82) is 0 Å². The molecule has 3 rings (SSSR count). The first kappa shape index (κ1) is 17.5. The third kappa shape index (κ3) is 4.39. The number of aryl methyl sites for hydroxylation is 1. The number of nitrogens with one attached hydrogen (secondary N) is 1. The van der Waals surface area contributed by atoms with Crippen LogP contribution in [-0.2, 0) is 18.4 Å². The molecule has 1 amide bonds. The Kier molecular flexibility index (Phi) is 5.38. The molecule has 0 radical (unpaired) electrons. The lowest BCUT2D eigenvalue weighted by Gasteiger charge is -2.33. The van der Waals surface area contributed by atoms with Gasteiger partial charge in [-0.1, -0.05) is 23.7 Å². The standard InChI is InChI=1S/C18H21ClN4O2/c1-22-17(24)9-16(11-21-22)23-8-2-3-14(12-23)18(25)20-10-13-4-6-15(19)7-5-13/h4-7,9,11,14H,2-3,8,10,12H2,1H3,(H,20,25)/t14-/m1/s1. The lowest BCUT2D eigenvalue weighted by molar-refractivity contribution is -0.125. The molecule has 1 N–H and O–H groups in total. The van der Waals surface area contributed by atoms with E-state index in [-0.39, 0.29) is 17.4 Å². The maximum atomic E-state index is 12.5. The van der Waals surface area contributed by atoms with Crippen molar-refractivity contribution in [2.45, 2.75) is 19.4 Å². The van der Waals surface area contributed by atoms with E-state index in [1.165, 1.54) is 4.68 Å². The Morgan fingerprint density at radius 2 is 2.12 bits per heavy atom. The maximum absolute atomic E-state index is 12.5. The summed E-state index contributed by atoms with van der Waals surface area (Å²) in [6.07, 6.45) is 3.44. The monoisotopic (exact) mass is 360 g/mol. The number of hydrogen-bond acceptors (Lipinski definition) is 4. The Morgan fingerprint density at radius 1 is 1.36 bits per heavy atom. The van der Waals surface area contributed by atoms with Gasteiger partial charge in [0.1, 0.15) is 0 Å². The molecule has 25 heavy (non-hydrogen) atoms. The zero-order chi connectivity index (χ0) is 17.8. The van der Waals surface area contributed by atoms with Crippen LogP contribution in [-0.4, -0.2) is 28.8 Å². The van der Waals surface area contributed by atoms with Gasteiger partial charge in [-0.2, -0.15) is 5.10 Å². The topological polar surface area (TPSA) is 67.2 Å². The number of halogens is 1. The third-order valence-corrected chi connectivity index (χ3v) is 4.74. The van der Waals surface area contributed by atoms with Gasteiger partial charge in [-0.05, 0) is 30.5 Å². The number of rotatable bonds is 4. The van der Waals surface area contributed by atoms with E-state index in [1.54, 1.807) is 19.3 Å². The van der Waals surface area contributed by atoms with E-state index in [0.29, 0.717) is 18.1 Å². The molecule has 1 aliphatic heterocycles. The first-order chi connectivity index (χ1) is 12.0. The van der Waals surface area contributed by atoms with Crippen LogP contribution in [0.1, 0.15) is 18.4 Å². The Balaban J connectivity index is 1.60. The fourth-order valence-electron chi connectivity index (χ4n) is 2.99. The van der Waals surface area contributed by atoms with E-state index < -0.39 is 0 Å². The van der Waals surface area contributed by atoms with E-state index in [4.69, 9.17) is 11.6 Å². The molecule has 0 spiro atoms. The number of aromatic nitrogens is 2. The van der Waals surface area contributed by atoms with Gasteiger partial charge in [-0.15, -0.1) is 0 Å². The van der Waals surface area contributed by atoms with Gasteiger partial charge in [0.25, 0.3) is 5.56 Å². The average molecular weight is 361 g/mol. The molecular weight excluding hydrogens is 340 g/mol. The minimum absolute atomic E-state index is 0.0384. The number of hydrogen-bond donors (Lipinski definition) is 1. The SMILES string of the molecule is Cn1ncc(N2CCC[C@@H](C(=O)NCc3ccc(Cl)cc3)C2)cc1=O. The summed E-state index contributed by atoms with van der Waals surface area (Å²) in [5.41, 5.74) is 1.64. The van der Waals surface area contributed by atoms with Crippen molar-refractivity contribution in [3.8, 4) is 0 Å². The van der Waals surface area contributed by atoms with Crippen molar-refractivity contribution < 1.29 is 4.79 Å². The minimum atomic E-state index is -0.146. The first-order valence-corrected chi connectivity index (χ1v) is 8.71. The molecule has 6 nitrogen and oxygen atoms in total. The van der Waals surface area contributed by atoms with Crippen LogP contribution in [0.15, 0.2) is 41.3 Å².